The Morgan fingerprint density at radius 3 is 2.30 bits per heavy atom. The Balaban J connectivity index is 1.44. The van der Waals surface area contributed by atoms with E-state index in [1.807, 2.05) is 0 Å². The van der Waals surface area contributed by atoms with E-state index in [4.69, 9.17) is 14.2 Å². The normalized spacial score (nSPS) is 38.8. The first-order valence-corrected chi connectivity index (χ1v) is 11.6. The highest BCUT2D eigenvalue weighted by Gasteiger charge is 2.65. The first-order valence-electron chi connectivity index (χ1n) is 11.6. The number of carbonyl (C=O) groups excluding carboxylic acids is 2. The molecule has 5 aliphatic carbocycles. The highest BCUT2D eigenvalue weighted by Crippen LogP contribution is 2.61. The summed E-state index contributed by atoms with van der Waals surface area (Å²) in [6.07, 6.45) is 9.71. The van der Waals surface area contributed by atoms with E-state index in [2.05, 4.69) is 13.5 Å². The van der Waals surface area contributed by atoms with Gasteiger partial charge in [-0.1, -0.05) is 19.9 Å². The zero-order valence-corrected chi connectivity index (χ0v) is 18.5. The molecule has 5 fully saturated rings. The number of ether oxygens (including phenoxy) is 3. The summed E-state index contributed by atoms with van der Waals surface area (Å²) in [5.74, 6) is -0.521. The predicted octanol–water partition coefficient (Wildman–Crippen LogP) is 3.98. The molecule has 1 N–H and O–H groups in total. The minimum Gasteiger partial charge on any atom is -0.457 e. The molecule has 4 bridgehead atoms. The summed E-state index contributed by atoms with van der Waals surface area (Å²) in [4.78, 5) is 25.0. The molecule has 0 spiro atoms. The summed E-state index contributed by atoms with van der Waals surface area (Å²) in [6.45, 7) is 7.28. The summed E-state index contributed by atoms with van der Waals surface area (Å²) < 4.78 is 18.0. The fraction of sp³-hybridized carbons (Fsp3) is 0.833. The highest BCUT2D eigenvalue weighted by molar-refractivity contribution is 5.87. The van der Waals surface area contributed by atoms with Crippen molar-refractivity contribution in [2.24, 2.45) is 5.92 Å². The Kier molecular flexibility index (Phi) is 5.55. The molecule has 0 radical (unpaired) electrons. The van der Waals surface area contributed by atoms with Crippen LogP contribution in [0.5, 0.6) is 0 Å². The van der Waals surface area contributed by atoms with Crippen LogP contribution in [0.25, 0.3) is 0 Å². The molecule has 5 rings (SSSR count). The number of esters is 2. The van der Waals surface area contributed by atoms with Crippen LogP contribution in [-0.2, 0) is 23.8 Å². The fourth-order valence-corrected chi connectivity index (χ4v) is 6.98. The minimum atomic E-state index is -0.910. The molecule has 6 heteroatoms. The van der Waals surface area contributed by atoms with Gasteiger partial charge in [0.15, 0.2) is 0 Å². The van der Waals surface area contributed by atoms with Crippen LogP contribution in [0, 0.1) is 5.92 Å². The molecule has 0 amide bonds. The van der Waals surface area contributed by atoms with E-state index in [1.165, 1.54) is 6.42 Å². The van der Waals surface area contributed by atoms with E-state index in [1.54, 1.807) is 6.92 Å². The van der Waals surface area contributed by atoms with Crippen molar-refractivity contribution in [3.8, 4) is 0 Å². The van der Waals surface area contributed by atoms with Crippen molar-refractivity contribution in [2.75, 3.05) is 6.61 Å². The summed E-state index contributed by atoms with van der Waals surface area (Å²) in [5.41, 5.74) is -2.28. The van der Waals surface area contributed by atoms with Crippen molar-refractivity contribution in [3.05, 3.63) is 12.2 Å². The zero-order chi connectivity index (χ0) is 21.6. The van der Waals surface area contributed by atoms with Crippen molar-refractivity contribution in [1.82, 2.24) is 0 Å². The SMILES string of the molecule is C=C(C)C(=O)OC12CC3CC(O)(CC(OCC(=O)OC4(CC)CCCCC4)(C3)C1)C2. The molecule has 0 saturated heterocycles. The maximum absolute atomic E-state index is 12.7. The zero-order valence-electron chi connectivity index (χ0n) is 18.5. The van der Waals surface area contributed by atoms with Gasteiger partial charge in [0.25, 0.3) is 0 Å². The number of hydrogen-bond donors (Lipinski definition) is 1. The van der Waals surface area contributed by atoms with Crippen molar-refractivity contribution >= 4 is 11.9 Å². The fourth-order valence-electron chi connectivity index (χ4n) is 6.98. The molecule has 5 aliphatic rings. The number of hydrogen-bond acceptors (Lipinski definition) is 6. The van der Waals surface area contributed by atoms with Gasteiger partial charge in [0, 0.05) is 24.8 Å². The van der Waals surface area contributed by atoms with E-state index >= 15 is 0 Å². The molecule has 4 atom stereocenters. The highest BCUT2D eigenvalue weighted by atomic mass is 16.6. The lowest BCUT2D eigenvalue weighted by Gasteiger charge is -2.63. The van der Waals surface area contributed by atoms with Gasteiger partial charge in [-0.2, -0.15) is 0 Å². The number of carbonyl (C=O) groups is 2. The van der Waals surface area contributed by atoms with Crippen molar-refractivity contribution in [3.63, 3.8) is 0 Å². The molecule has 30 heavy (non-hydrogen) atoms. The van der Waals surface area contributed by atoms with Crippen molar-refractivity contribution in [2.45, 2.75) is 113 Å². The second kappa shape index (κ2) is 7.63. The van der Waals surface area contributed by atoms with Crippen LogP contribution in [0.4, 0.5) is 0 Å². The van der Waals surface area contributed by atoms with Gasteiger partial charge in [0.1, 0.15) is 17.8 Å². The van der Waals surface area contributed by atoms with Crippen molar-refractivity contribution in [1.29, 1.82) is 0 Å². The molecule has 0 heterocycles. The molecule has 0 aromatic rings. The van der Waals surface area contributed by atoms with Crippen molar-refractivity contribution < 1.29 is 28.9 Å². The van der Waals surface area contributed by atoms with Crippen LogP contribution in [0.1, 0.15) is 90.9 Å². The smallest absolute Gasteiger partial charge is 0.333 e. The van der Waals surface area contributed by atoms with Gasteiger partial charge < -0.3 is 19.3 Å². The van der Waals surface area contributed by atoms with Gasteiger partial charge in [-0.05, 0) is 64.2 Å². The monoisotopic (exact) mass is 420 g/mol. The van der Waals surface area contributed by atoms with E-state index < -0.39 is 22.8 Å². The number of aliphatic hydroxyl groups is 1. The molecule has 0 aliphatic heterocycles. The first kappa shape index (κ1) is 21.8. The van der Waals surface area contributed by atoms with E-state index in [9.17, 15) is 14.7 Å². The average Bonchev–Trinajstić information content (AvgIpc) is 2.65. The van der Waals surface area contributed by atoms with E-state index in [0.29, 0.717) is 31.3 Å². The molecular formula is C24H36O6. The summed E-state index contributed by atoms with van der Waals surface area (Å²) in [6, 6.07) is 0. The van der Waals surface area contributed by atoms with Crippen LogP contribution in [0.15, 0.2) is 12.2 Å². The minimum absolute atomic E-state index is 0.116. The molecule has 5 saturated carbocycles. The lowest BCUT2D eigenvalue weighted by Crippen LogP contribution is -2.67. The third-order valence-electron chi connectivity index (χ3n) is 7.83. The van der Waals surface area contributed by atoms with Gasteiger partial charge in [0.2, 0.25) is 0 Å². The first-order chi connectivity index (χ1) is 14.1. The third-order valence-corrected chi connectivity index (χ3v) is 7.83. The molecule has 6 nitrogen and oxygen atoms in total. The third kappa shape index (κ3) is 4.18. The second-order valence-corrected chi connectivity index (χ2v) is 10.6. The Hall–Kier alpha value is -1.40. The van der Waals surface area contributed by atoms with Gasteiger partial charge in [-0.25, -0.2) is 9.59 Å². The second-order valence-electron chi connectivity index (χ2n) is 10.6. The predicted molar refractivity (Wildman–Crippen MR) is 111 cm³/mol. The van der Waals surface area contributed by atoms with Crippen LogP contribution >= 0.6 is 0 Å². The lowest BCUT2D eigenvalue weighted by atomic mass is 9.50. The Labute approximate surface area is 179 Å². The number of rotatable bonds is 7. The summed E-state index contributed by atoms with van der Waals surface area (Å²) in [5, 5.41) is 11.2. The Morgan fingerprint density at radius 2 is 1.67 bits per heavy atom. The molecule has 0 aromatic carbocycles. The van der Waals surface area contributed by atoms with E-state index in [-0.39, 0.29) is 24.1 Å². The Bertz CT molecular complexity index is 725. The molecular weight excluding hydrogens is 384 g/mol. The Morgan fingerprint density at radius 1 is 1.00 bits per heavy atom. The quantitative estimate of drug-likeness (QED) is 0.495. The maximum atomic E-state index is 12.7. The summed E-state index contributed by atoms with van der Waals surface area (Å²) in [7, 11) is 0. The topological polar surface area (TPSA) is 82.1 Å². The van der Waals surface area contributed by atoms with Gasteiger partial charge in [-0.3, -0.25) is 0 Å². The average molecular weight is 421 g/mol. The van der Waals surface area contributed by atoms with Crippen LogP contribution in [0.2, 0.25) is 0 Å². The molecule has 4 unspecified atom stereocenters. The van der Waals surface area contributed by atoms with Gasteiger partial charge in [-0.15, -0.1) is 0 Å². The van der Waals surface area contributed by atoms with Crippen LogP contribution < -0.4 is 0 Å². The molecule has 0 aromatic heterocycles. The van der Waals surface area contributed by atoms with Gasteiger partial charge >= 0.3 is 11.9 Å². The van der Waals surface area contributed by atoms with Gasteiger partial charge in [0.05, 0.1) is 11.2 Å². The standard InChI is InChI=1S/C24H36O6/c1-4-22(8-6-5-7-9-22)29-19(25)13-28-23-11-18-10-21(27,14-23)15-24(12-18,16-23)30-20(26)17(2)3/h18,27H,2,4-16H2,1,3H3. The largest absolute Gasteiger partial charge is 0.457 e. The molecule has 168 valence electrons. The van der Waals surface area contributed by atoms with E-state index in [0.717, 1.165) is 44.9 Å². The van der Waals surface area contributed by atoms with Crippen LogP contribution in [-0.4, -0.2) is 46.1 Å². The maximum Gasteiger partial charge on any atom is 0.333 e. The lowest BCUT2D eigenvalue weighted by molar-refractivity contribution is -0.273. The van der Waals surface area contributed by atoms with Crippen LogP contribution in [0.3, 0.4) is 0 Å². The summed E-state index contributed by atoms with van der Waals surface area (Å²) >= 11 is 0.